The fourth-order valence-electron chi connectivity index (χ4n) is 1.74. The number of aromatic nitrogens is 5. The molecule has 9 heteroatoms. The molecule has 0 fully saturated rings. The Hall–Kier alpha value is -3.10. The molecule has 20 heavy (non-hydrogen) atoms. The third-order valence-electron chi connectivity index (χ3n) is 2.57. The van der Waals surface area contributed by atoms with Gasteiger partial charge in [0.05, 0.1) is 4.92 Å². The van der Waals surface area contributed by atoms with Crippen LogP contribution in [0.2, 0.25) is 0 Å². The van der Waals surface area contributed by atoms with Crippen molar-refractivity contribution in [2.45, 2.75) is 6.92 Å². The van der Waals surface area contributed by atoms with E-state index in [1.807, 2.05) is 0 Å². The lowest BCUT2D eigenvalue weighted by Gasteiger charge is -1.97. The summed E-state index contributed by atoms with van der Waals surface area (Å²) < 4.78 is 5.09. The Morgan fingerprint density at radius 1 is 1.35 bits per heavy atom. The van der Waals surface area contributed by atoms with Crippen molar-refractivity contribution in [3.05, 3.63) is 40.2 Å². The van der Waals surface area contributed by atoms with Crippen LogP contribution in [-0.4, -0.2) is 30.2 Å². The molecule has 0 unspecified atom stereocenters. The smallest absolute Gasteiger partial charge is 0.270 e. The highest BCUT2D eigenvalue weighted by Crippen LogP contribution is 2.25. The van der Waals surface area contributed by atoms with Crippen LogP contribution in [0.15, 0.2) is 29.0 Å². The van der Waals surface area contributed by atoms with Crippen LogP contribution in [0.1, 0.15) is 5.56 Å². The van der Waals surface area contributed by atoms with E-state index >= 15 is 0 Å². The van der Waals surface area contributed by atoms with Crippen LogP contribution in [0.4, 0.5) is 5.69 Å². The van der Waals surface area contributed by atoms with Crippen molar-refractivity contribution in [3.63, 3.8) is 0 Å². The molecule has 1 N–H and O–H groups in total. The summed E-state index contributed by atoms with van der Waals surface area (Å²) in [7, 11) is 0. The van der Waals surface area contributed by atoms with Crippen molar-refractivity contribution in [1.29, 1.82) is 0 Å². The minimum atomic E-state index is -0.468. The normalized spacial score (nSPS) is 10.7. The molecule has 2 aromatic heterocycles. The van der Waals surface area contributed by atoms with Gasteiger partial charge in [0.2, 0.25) is 5.82 Å². The summed E-state index contributed by atoms with van der Waals surface area (Å²) in [6, 6.07) is 4.58. The van der Waals surface area contributed by atoms with Gasteiger partial charge in [-0.15, -0.1) is 0 Å². The monoisotopic (exact) mass is 272 g/mol. The van der Waals surface area contributed by atoms with Gasteiger partial charge in [-0.1, -0.05) is 5.16 Å². The van der Waals surface area contributed by atoms with E-state index in [4.69, 9.17) is 4.52 Å². The average Bonchev–Trinajstić information content (AvgIpc) is 3.09. The fourth-order valence-corrected chi connectivity index (χ4v) is 1.74. The van der Waals surface area contributed by atoms with Gasteiger partial charge in [-0.3, -0.25) is 15.2 Å². The topological polar surface area (TPSA) is 124 Å². The number of nitrogens with zero attached hydrogens (tertiary/aromatic N) is 5. The second kappa shape index (κ2) is 4.53. The largest absolute Gasteiger partial charge is 0.333 e. The van der Waals surface area contributed by atoms with Crippen LogP contribution >= 0.6 is 0 Å². The Bertz CT molecular complexity index is 764. The van der Waals surface area contributed by atoms with Gasteiger partial charge in [0, 0.05) is 17.7 Å². The molecule has 3 rings (SSSR count). The van der Waals surface area contributed by atoms with Gasteiger partial charge in [0.15, 0.2) is 5.82 Å². The van der Waals surface area contributed by atoms with E-state index in [2.05, 4.69) is 25.3 Å². The minimum absolute atomic E-state index is 0.0283. The van der Waals surface area contributed by atoms with Crippen LogP contribution in [0.5, 0.6) is 0 Å². The third-order valence-corrected chi connectivity index (χ3v) is 2.57. The Balaban J connectivity index is 2.03. The van der Waals surface area contributed by atoms with E-state index in [0.717, 1.165) is 5.56 Å². The number of aromatic amines is 1. The van der Waals surface area contributed by atoms with E-state index in [0.29, 0.717) is 11.4 Å². The number of non-ortho nitro benzene ring substituents is 1. The summed E-state index contributed by atoms with van der Waals surface area (Å²) in [4.78, 5) is 18.4. The summed E-state index contributed by atoms with van der Waals surface area (Å²) in [6.07, 6.45) is 1.32. The van der Waals surface area contributed by atoms with Gasteiger partial charge >= 0.3 is 0 Å². The Kier molecular flexibility index (Phi) is 2.71. The third kappa shape index (κ3) is 2.11. The van der Waals surface area contributed by atoms with Gasteiger partial charge < -0.3 is 4.52 Å². The molecule has 3 aromatic rings. The van der Waals surface area contributed by atoms with E-state index in [-0.39, 0.29) is 17.4 Å². The molecule has 0 saturated carbocycles. The maximum absolute atomic E-state index is 10.8. The molecular weight excluding hydrogens is 264 g/mol. The molecule has 1 aromatic carbocycles. The number of rotatable bonds is 3. The molecule has 0 amide bonds. The number of hydrogen-bond donors (Lipinski definition) is 1. The fraction of sp³-hybridized carbons (Fsp3) is 0.0909. The first-order valence-corrected chi connectivity index (χ1v) is 5.59. The van der Waals surface area contributed by atoms with E-state index in [1.54, 1.807) is 13.0 Å². The first-order valence-electron chi connectivity index (χ1n) is 5.59. The van der Waals surface area contributed by atoms with Crippen LogP contribution in [0.3, 0.4) is 0 Å². The van der Waals surface area contributed by atoms with Crippen molar-refractivity contribution in [2.24, 2.45) is 0 Å². The molecule has 100 valence electrons. The van der Waals surface area contributed by atoms with Crippen LogP contribution < -0.4 is 0 Å². The van der Waals surface area contributed by atoms with E-state index in [1.165, 1.54) is 18.5 Å². The number of aryl methyl sites for hydroxylation is 1. The van der Waals surface area contributed by atoms with Crippen LogP contribution in [0.25, 0.3) is 23.1 Å². The quantitative estimate of drug-likeness (QED) is 0.568. The highest BCUT2D eigenvalue weighted by Gasteiger charge is 2.16. The zero-order valence-corrected chi connectivity index (χ0v) is 10.3. The molecule has 0 bridgehead atoms. The lowest BCUT2D eigenvalue weighted by atomic mass is 10.1. The van der Waals surface area contributed by atoms with E-state index < -0.39 is 4.92 Å². The first-order chi connectivity index (χ1) is 9.63. The SMILES string of the molecule is Cc1cc(-c2nc(-c3ncn[nH]3)no2)cc([N+](=O)[O-])c1. The zero-order valence-electron chi connectivity index (χ0n) is 10.3. The summed E-state index contributed by atoms with van der Waals surface area (Å²) in [6.45, 7) is 1.75. The number of nitrogens with one attached hydrogen (secondary N) is 1. The number of benzene rings is 1. The maximum atomic E-state index is 10.8. The van der Waals surface area contributed by atoms with Crippen molar-refractivity contribution in [3.8, 4) is 23.1 Å². The van der Waals surface area contributed by atoms with Crippen molar-refractivity contribution >= 4 is 5.69 Å². The van der Waals surface area contributed by atoms with Gasteiger partial charge in [0.1, 0.15) is 6.33 Å². The molecule has 0 aliphatic carbocycles. The van der Waals surface area contributed by atoms with Crippen molar-refractivity contribution < 1.29 is 9.45 Å². The molecule has 0 atom stereocenters. The molecule has 0 saturated heterocycles. The number of H-pyrrole nitrogens is 1. The molecule has 9 nitrogen and oxygen atoms in total. The number of nitro benzene ring substituents is 1. The van der Waals surface area contributed by atoms with Crippen molar-refractivity contribution in [2.75, 3.05) is 0 Å². The summed E-state index contributed by atoms with van der Waals surface area (Å²) in [5.74, 6) is 0.784. The Morgan fingerprint density at radius 3 is 2.90 bits per heavy atom. The van der Waals surface area contributed by atoms with Crippen LogP contribution in [-0.2, 0) is 0 Å². The molecule has 2 heterocycles. The standard InChI is InChI=1S/C11H8N6O3/c1-6-2-7(4-8(3-6)17(18)19)11-14-10(16-20-11)9-12-5-13-15-9/h2-5H,1H3,(H,12,13,15). The summed E-state index contributed by atoms with van der Waals surface area (Å²) in [5, 5.41) is 20.9. The van der Waals surface area contributed by atoms with Gasteiger partial charge in [-0.05, 0) is 18.6 Å². The Labute approximate surface area is 111 Å². The van der Waals surface area contributed by atoms with Gasteiger partial charge in [0.25, 0.3) is 11.6 Å². The predicted octanol–water partition coefficient (Wildman–Crippen LogP) is 1.74. The average molecular weight is 272 g/mol. The lowest BCUT2D eigenvalue weighted by molar-refractivity contribution is -0.384. The molecular formula is C11H8N6O3. The second-order valence-corrected chi connectivity index (χ2v) is 4.07. The highest BCUT2D eigenvalue weighted by atomic mass is 16.6. The number of hydrogen-bond acceptors (Lipinski definition) is 7. The van der Waals surface area contributed by atoms with Crippen molar-refractivity contribution in [1.82, 2.24) is 25.3 Å². The summed E-state index contributed by atoms with van der Waals surface area (Å²) >= 11 is 0. The van der Waals surface area contributed by atoms with Gasteiger partial charge in [-0.25, -0.2) is 4.98 Å². The molecule has 0 aliphatic heterocycles. The molecule has 0 radical (unpaired) electrons. The minimum Gasteiger partial charge on any atom is -0.333 e. The van der Waals surface area contributed by atoms with Crippen LogP contribution in [0, 0.1) is 17.0 Å². The Morgan fingerprint density at radius 2 is 2.20 bits per heavy atom. The van der Waals surface area contributed by atoms with Gasteiger partial charge in [-0.2, -0.15) is 10.1 Å². The highest BCUT2D eigenvalue weighted by molar-refractivity contribution is 5.61. The molecule has 0 spiro atoms. The first kappa shape index (κ1) is 12.0. The molecule has 0 aliphatic rings. The lowest BCUT2D eigenvalue weighted by Crippen LogP contribution is -1.90. The number of nitro groups is 1. The maximum Gasteiger partial charge on any atom is 0.270 e. The van der Waals surface area contributed by atoms with E-state index in [9.17, 15) is 10.1 Å². The second-order valence-electron chi connectivity index (χ2n) is 4.07. The zero-order chi connectivity index (χ0) is 14.1. The summed E-state index contributed by atoms with van der Waals surface area (Å²) in [5.41, 5.74) is 1.18. The predicted molar refractivity (Wildman–Crippen MR) is 66.5 cm³/mol.